The van der Waals surface area contributed by atoms with Crippen LogP contribution in [0.2, 0.25) is 0 Å². The smallest absolute Gasteiger partial charge is 0.294 e. The van der Waals surface area contributed by atoms with Gasteiger partial charge in [-0.25, -0.2) is 0 Å². The fourth-order valence-electron chi connectivity index (χ4n) is 3.64. The van der Waals surface area contributed by atoms with Crippen LogP contribution in [0.25, 0.3) is 6.08 Å². The average molecular weight is 453 g/mol. The normalized spacial score (nSPS) is 18.5. The van der Waals surface area contributed by atoms with E-state index in [1.165, 1.54) is 0 Å². The molecule has 0 unspecified atom stereocenters. The number of likely N-dealkylation sites (tertiary alicyclic amines) is 1. The fourth-order valence-corrected chi connectivity index (χ4v) is 5.41. The molecule has 2 aliphatic heterocycles. The number of benzene rings is 2. The molecule has 0 aliphatic carbocycles. The van der Waals surface area contributed by atoms with Gasteiger partial charge in [0, 0.05) is 22.9 Å². The molecule has 2 aromatic rings. The van der Waals surface area contributed by atoms with E-state index in [1.54, 1.807) is 22.7 Å². The first-order chi connectivity index (χ1) is 15.1. The van der Waals surface area contributed by atoms with Crippen molar-refractivity contribution >= 4 is 46.7 Å². The monoisotopic (exact) mass is 452 g/mol. The first-order valence-corrected chi connectivity index (χ1v) is 12.1. The quantitative estimate of drug-likeness (QED) is 0.578. The van der Waals surface area contributed by atoms with Crippen molar-refractivity contribution in [2.75, 3.05) is 19.6 Å². The molecule has 3 amide bonds. The summed E-state index contributed by atoms with van der Waals surface area (Å²) in [6.45, 7) is 1.23. The molecule has 0 atom stereocenters. The highest BCUT2D eigenvalue weighted by molar-refractivity contribution is 8.18. The van der Waals surface area contributed by atoms with Crippen LogP contribution in [0.15, 0.2) is 69.3 Å². The Balaban J connectivity index is 1.49. The summed E-state index contributed by atoms with van der Waals surface area (Å²) in [6, 6.07) is 17.8. The maximum atomic E-state index is 12.9. The summed E-state index contributed by atoms with van der Waals surface area (Å²) in [4.78, 5) is 43.4. The molecule has 7 heteroatoms. The number of carbonyl (C=O) groups is 3. The first-order valence-electron chi connectivity index (χ1n) is 10.5. The Labute approximate surface area is 190 Å². The Hall–Kier alpha value is -2.51. The van der Waals surface area contributed by atoms with Crippen molar-refractivity contribution in [2.45, 2.75) is 35.5 Å². The summed E-state index contributed by atoms with van der Waals surface area (Å²) < 4.78 is 0. The Bertz CT molecular complexity index is 999. The molecule has 0 spiro atoms. The van der Waals surface area contributed by atoms with Gasteiger partial charge in [0.15, 0.2) is 0 Å². The largest absolute Gasteiger partial charge is 0.341 e. The van der Waals surface area contributed by atoms with Gasteiger partial charge in [0.1, 0.15) is 6.54 Å². The third kappa shape index (κ3) is 5.40. The van der Waals surface area contributed by atoms with Crippen LogP contribution >= 0.6 is 23.5 Å². The molecule has 2 saturated heterocycles. The molecule has 2 aromatic carbocycles. The van der Waals surface area contributed by atoms with Crippen molar-refractivity contribution in [2.24, 2.45) is 0 Å². The van der Waals surface area contributed by atoms with E-state index in [4.69, 9.17) is 0 Å². The highest BCUT2D eigenvalue weighted by Crippen LogP contribution is 2.36. The van der Waals surface area contributed by atoms with Gasteiger partial charge in [0.05, 0.1) is 4.91 Å². The van der Waals surface area contributed by atoms with Crippen LogP contribution in [0, 0.1) is 0 Å². The van der Waals surface area contributed by atoms with Crippen LogP contribution in [-0.2, 0) is 9.59 Å². The molecule has 4 rings (SSSR count). The summed E-state index contributed by atoms with van der Waals surface area (Å²) in [7, 11) is 0. The number of rotatable bonds is 5. The SMILES string of the molecule is O=C(CN1C(=O)SC(=Cc2ccccc2Sc2ccccc2)C1=O)N1CCCCCC1. The van der Waals surface area contributed by atoms with Crippen LogP contribution in [0.5, 0.6) is 0 Å². The second kappa shape index (κ2) is 10.2. The number of imide groups is 1. The summed E-state index contributed by atoms with van der Waals surface area (Å²) in [5, 5.41) is -0.382. The van der Waals surface area contributed by atoms with Gasteiger partial charge in [-0.1, -0.05) is 61.0 Å². The molecule has 5 nitrogen and oxygen atoms in total. The topological polar surface area (TPSA) is 57.7 Å². The Morgan fingerprint density at radius 1 is 0.935 bits per heavy atom. The lowest BCUT2D eigenvalue weighted by Gasteiger charge is -2.22. The summed E-state index contributed by atoms with van der Waals surface area (Å²) in [6.07, 6.45) is 5.95. The predicted octanol–water partition coefficient (Wildman–Crippen LogP) is 5.28. The van der Waals surface area contributed by atoms with Gasteiger partial charge in [-0.2, -0.15) is 0 Å². The van der Waals surface area contributed by atoms with Crippen LogP contribution in [0.4, 0.5) is 4.79 Å². The van der Waals surface area contributed by atoms with Gasteiger partial charge in [0.2, 0.25) is 5.91 Å². The highest BCUT2D eigenvalue weighted by Gasteiger charge is 2.37. The average Bonchev–Trinajstić information content (AvgIpc) is 2.97. The van der Waals surface area contributed by atoms with E-state index in [2.05, 4.69) is 0 Å². The molecule has 160 valence electrons. The van der Waals surface area contributed by atoms with Crippen molar-refractivity contribution in [3.63, 3.8) is 0 Å². The lowest BCUT2D eigenvalue weighted by atomic mass is 10.2. The summed E-state index contributed by atoms with van der Waals surface area (Å²) >= 11 is 2.51. The minimum atomic E-state index is -0.391. The van der Waals surface area contributed by atoms with E-state index in [1.807, 2.05) is 54.6 Å². The maximum absolute atomic E-state index is 12.9. The number of thioether (sulfide) groups is 1. The molecule has 2 heterocycles. The second-order valence-electron chi connectivity index (χ2n) is 7.52. The lowest BCUT2D eigenvalue weighted by Crippen LogP contribution is -2.42. The Morgan fingerprint density at radius 2 is 1.61 bits per heavy atom. The second-order valence-corrected chi connectivity index (χ2v) is 9.62. The molecular weight excluding hydrogens is 428 g/mol. The predicted molar refractivity (Wildman–Crippen MR) is 125 cm³/mol. The van der Waals surface area contributed by atoms with E-state index in [0.29, 0.717) is 18.0 Å². The number of hydrogen-bond donors (Lipinski definition) is 0. The van der Waals surface area contributed by atoms with Crippen molar-refractivity contribution < 1.29 is 14.4 Å². The van der Waals surface area contributed by atoms with Crippen molar-refractivity contribution in [1.82, 2.24) is 9.80 Å². The van der Waals surface area contributed by atoms with Gasteiger partial charge >= 0.3 is 0 Å². The van der Waals surface area contributed by atoms with Crippen LogP contribution < -0.4 is 0 Å². The highest BCUT2D eigenvalue weighted by atomic mass is 32.2. The zero-order valence-electron chi connectivity index (χ0n) is 17.2. The zero-order valence-corrected chi connectivity index (χ0v) is 18.8. The van der Waals surface area contributed by atoms with E-state index in [0.717, 1.165) is 57.7 Å². The van der Waals surface area contributed by atoms with Gasteiger partial charge in [-0.3, -0.25) is 19.3 Å². The first kappa shape index (κ1) is 21.7. The van der Waals surface area contributed by atoms with Gasteiger partial charge in [-0.15, -0.1) is 0 Å². The fraction of sp³-hybridized carbons (Fsp3) is 0.292. The molecule has 31 heavy (non-hydrogen) atoms. The van der Waals surface area contributed by atoms with Crippen LogP contribution in [-0.4, -0.2) is 46.5 Å². The number of nitrogens with zero attached hydrogens (tertiary/aromatic N) is 2. The third-order valence-corrected chi connectivity index (χ3v) is 7.31. The maximum Gasteiger partial charge on any atom is 0.294 e. The summed E-state index contributed by atoms with van der Waals surface area (Å²) in [5.41, 5.74) is 0.876. The molecule has 0 saturated carbocycles. The lowest BCUT2D eigenvalue weighted by molar-refractivity contribution is -0.135. The van der Waals surface area contributed by atoms with Crippen molar-refractivity contribution in [1.29, 1.82) is 0 Å². The van der Waals surface area contributed by atoms with Crippen molar-refractivity contribution in [3.8, 4) is 0 Å². The zero-order chi connectivity index (χ0) is 21.6. The minimum absolute atomic E-state index is 0.148. The molecule has 0 aromatic heterocycles. The van der Waals surface area contributed by atoms with E-state index in [9.17, 15) is 14.4 Å². The number of amides is 3. The number of hydrogen-bond acceptors (Lipinski definition) is 5. The standard InChI is InChI=1S/C24H24N2O3S2/c27-22(25-14-8-1-2-9-15-25)17-26-23(28)21(31-24(26)29)16-18-10-6-7-13-20(18)30-19-11-4-3-5-12-19/h3-7,10-13,16H,1-2,8-9,14-15,17H2. The molecule has 2 aliphatic rings. The minimum Gasteiger partial charge on any atom is -0.341 e. The van der Waals surface area contributed by atoms with E-state index < -0.39 is 5.91 Å². The Kier molecular flexibility index (Phi) is 7.14. The van der Waals surface area contributed by atoms with Crippen LogP contribution in [0.1, 0.15) is 31.2 Å². The van der Waals surface area contributed by atoms with Crippen molar-refractivity contribution in [3.05, 3.63) is 65.1 Å². The molecular formula is C24H24N2O3S2. The summed E-state index contributed by atoms with van der Waals surface area (Å²) in [5.74, 6) is -0.539. The van der Waals surface area contributed by atoms with Crippen LogP contribution in [0.3, 0.4) is 0 Å². The van der Waals surface area contributed by atoms with E-state index in [-0.39, 0.29) is 17.7 Å². The molecule has 0 radical (unpaired) electrons. The van der Waals surface area contributed by atoms with Gasteiger partial charge in [-0.05, 0) is 54.4 Å². The molecule has 2 fully saturated rings. The number of carbonyl (C=O) groups excluding carboxylic acids is 3. The third-order valence-electron chi connectivity index (χ3n) is 5.30. The van der Waals surface area contributed by atoms with E-state index >= 15 is 0 Å². The van der Waals surface area contributed by atoms with Gasteiger partial charge in [0.25, 0.3) is 11.1 Å². The molecule has 0 bridgehead atoms. The van der Waals surface area contributed by atoms with Gasteiger partial charge < -0.3 is 4.90 Å². The molecule has 0 N–H and O–H groups in total. The Morgan fingerprint density at radius 3 is 2.35 bits per heavy atom.